The van der Waals surface area contributed by atoms with Crippen molar-refractivity contribution in [3.05, 3.63) is 23.2 Å². The molecule has 6 nitrogen and oxygen atoms in total. The summed E-state index contributed by atoms with van der Waals surface area (Å²) in [5, 5.41) is 7.37. The van der Waals surface area contributed by atoms with Crippen molar-refractivity contribution < 1.29 is 0 Å². The minimum Gasteiger partial charge on any atom is -0.351 e. The summed E-state index contributed by atoms with van der Waals surface area (Å²) in [4.78, 5) is 14.4. The largest absolute Gasteiger partial charge is 0.351 e. The van der Waals surface area contributed by atoms with Crippen molar-refractivity contribution in [2.24, 2.45) is 15.1 Å². The second-order valence-corrected chi connectivity index (χ2v) is 6.98. The lowest BCUT2D eigenvalue weighted by molar-refractivity contribution is 0.217. The molecule has 3 heterocycles. The molecule has 1 fully saturated rings. The second-order valence-electron chi connectivity index (χ2n) is 6.54. The number of rotatable bonds is 0. The molecule has 4 rings (SSSR count). The van der Waals surface area contributed by atoms with Crippen molar-refractivity contribution >= 4 is 40.4 Å². The molecule has 24 heavy (non-hydrogen) atoms. The summed E-state index contributed by atoms with van der Waals surface area (Å²) in [5.74, 6) is 1.74. The lowest BCUT2D eigenvalue weighted by Gasteiger charge is -2.39. The van der Waals surface area contributed by atoms with Crippen molar-refractivity contribution in [2.45, 2.75) is 19.9 Å². The van der Waals surface area contributed by atoms with E-state index in [-0.39, 0.29) is 6.04 Å². The first-order valence-corrected chi connectivity index (χ1v) is 8.66. The average molecular weight is 345 g/mol. The number of halogens is 1. The van der Waals surface area contributed by atoms with Crippen LogP contribution in [0.2, 0.25) is 5.02 Å². The number of aliphatic imine (C=N–C) groups is 2. The lowest BCUT2D eigenvalue weighted by atomic mass is 10.1. The third-order valence-electron chi connectivity index (χ3n) is 4.77. The van der Waals surface area contributed by atoms with Crippen molar-refractivity contribution in [1.29, 1.82) is 0 Å². The van der Waals surface area contributed by atoms with Crippen LogP contribution in [0.15, 0.2) is 33.3 Å². The van der Waals surface area contributed by atoms with Gasteiger partial charge < -0.3 is 9.80 Å². The van der Waals surface area contributed by atoms with E-state index in [0.717, 1.165) is 54.9 Å². The maximum Gasteiger partial charge on any atom is 0.193 e. The molecule has 1 atom stereocenters. The van der Waals surface area contributed by atoms with Crippen LogP contribution in [0, 0.1) is 0 Å². The van der Waals surface area contributed by atoms with Gasteiger partial charge in [0.15, 0.2) is 11.7 Å². The lowest BCUT2D eigenvalue weighted by Crippen LogP contribution is -2.54. The van der Waals surface area contributed by atoms with Gasteiger partial charge in [0, 0.05) is 31.2 Å². The third-order valence-corrected chi connectivity index (χ3v) is 5.01. The van der Waals surface area contributed by atoms with E-state index in [4.69, 9.17) is 26.7 Å². The average Bonchev–Trinajstić information content (AvgIpc) is 2.56. The fourth-order valence-electron chi connectivity index (χ4n) is 3.10. The SMILES string of the molecule is CC1=NN2C(=NC1C)C(N1CCN(C)CC1)=Nc1cc(Cl)ccc12. The number of amidine groups is 2. The van der Waals surface area contributed by atoms with Crippen molar-refractivity contribution in [3.8, 4) is 0 Å². The molecule has 0 bridgehead atoms. The Hall–Kier alpha value is -1.92. The molecule has 126 valence electrons. The molecular formula is C17H21ClN6. The van der Waals surface area contributed by atoms with Crippen molar-refractivity contribution in [3.63, 3.8) is 0 Å². The van der Waals surface area contributed by atoms with E-state index < -0.39 is 0 Å². The van der Waals surface area contributed by atoms with Gasteiger partial charge in [-0.3, -0.25) is 4.99 Å². The van der Waals surface area contributed by atoms with Gasteiger partial charge in [-0.1, -0.05) is 11.6 Å². The van der Waals surface area contributed by atoms with Crippen molar-refractivity contribution in [2.75, 3.05) is 38.2 Å². The van der Waals surface area contributed by atoms with Crippen molar-refractivity contribution in [1.82, 2.24) is 9.80 Å². The van der Waals surface area contributed by atoms with Gasteiger partial charge >= 0.3 is 0 Å². The fourth-order valence-corrected chi connectivity index (χ4v) is 3.27. The van der Waals surface area contributed by atoms with Gasteiger partial charge in [0.2, 0.25) is 0 Å². The molecule has 0 aromatic heterocycles. The van der Waals surface area contributed by atoms with Gasteiger partial charge in [-0.05, 0) is 39.1 Å². The molecule has 0 radical (unpaired) electrons. The van der Waals surface area contributed by atoms with Gasteiger partial charge in [-0.2, -0.15) is 5.10 Å². The maximum absolute atomic E-state index is 6.18. The monoisotopic (exact) mass is 344 g/mol. The smallest absolute Gasteiger partial charge is 0.193 e. The van der Waals surface area contributed by atoms with Gasteiger partial charge in [0.25, 0.3) is 0 Å². The van der Waals surface area contributed by atoms with E-state index >= 15 is 0 Å². The molecule has 0 amide bonds. The Labute approximate surface area is 147 Å². The molecule has 0 N–H and O–H groups in total. The molecule has 1 aromatic carbocycles. The van der Waals surface area contributed by atoms with Crippen LogP contribution in [0.3, 0.4) is 0 Å². The van der Waals surface area contributed by atoms with Crippen LogP contribution in [0.25, 0.3) is 0 Å². The van der Waals surface area contributed by atoms with E-state index in [1.54, 1.807) is 0 Å². The normalized spacial score (nSPS) is 24.0. The molecule has 7 heteroatoms. The minimum absolute atomic E-state index is 0.0720. The van der Waals surface area contributed by atoms with Crippen LogP contribution in [0.4, 0.5) is 11.4 Å². The highest BCUT2D eigenvalue weighted by atomic mass is 35.5. The molecule has 3 aliphatic rings. The zero-order valence-corrected chi connectivity index (χ0v) is 15.0. The number of piperazine rings is 1. The quantitative estimate of drug-likeness (QED) is 0.727. The predicted octanol–water partition coefficient (Wildman–Crippen LogP) is 2.61. The van der Waals surface area contributed by atoms with E-state index in [1.807, 2.05) is 30.1 Å². The van der Waals surface area contributed by atoms with Crippen LogP contribution in [0.1, 0.15) is 13.8 Å². The highest BCUT2D eigenvalue weighted by Crippen LogP contribution is 2.37. The van der Waals surface area contributed by atoms with Crippen LogP contribution in [0.5, 0.6) is 0 Å². The van der Waals surface area contributed by atoms with E-state index in [2.05, 4.69) is 23.8 Å². The minimum atomic E-state index is 0.0720. The number of hydrogen-bond donors (Lipinski definition) is 0. The fraction of sp³-hybridized carbons (Fsp3) is 0.471. The summed E-state index contributed by atoms with van der Waals surface area (Å²) in [6, 6.07) is 5.80. The van der Waals surface area contributed by atoms with Crippen LogP contribution < -0.4 is 5.01 Å². The number of nitrogens with zero attached hydrogens (tertiary/aromatic N) is 6. The Balaban J connectivity index is 1.81. The van der Waals surface area contributed by atoms with Gasteiger partial charge in [-0.25, -0.2) is 10.0 Å². The summed E-state index contributed by atoms with van der Waals surface area (Å²) in [6.07, 6.45) is 0. The maximum atomic E-state index is 6.18. The second kappa shape index (κ2) is 5.86. The number of likely N-dealkylation sites (N-methyl/N-ethyl adjacent to an activating group) is 1. The first-order valence-electron chi connectivity index (χ1n) is 8.28. The Morgan fingerprint density at radius 2 is 1.88 bits per heavy atom. The summed E-state index contributed by atoms with van der Waals surface area (Å²) >= 11 is 6.18. The summed E-state index contributed by atoms with van der Waals surface area (Å²) < 4.78 is 0. The molecular weight excluding hydrogens is 324 g/mol. The number of anilines is 1. The first kappa shape index (κ1) is 15.6. The predicted molar refractivity (Wildman–Crippen MR) is 100 cm³/mol. The highest BCUT2D eigenvalue weighted by Gasteiger charge is 2.34. The molecule has 1 aromatic rings. The highest BCUT2D eigenvalue weighted by molar-refractivity contribution is 6.48. The number of fused-ring (bicyclic) bond motifs is 3. The Morgan fingerprint density at radius 3 is 2.62 bits per heavy atom. The standard InChI is InChI=1S/C17H21ClN6/c1-11-12(2)21-24-15-5-4-13(18)10-14(15)20-16(17(24)19-11)23-8-6-22(3)7-9-23/h4-5,10-11H,6-9H2,1-3H3. The third kappa shape index (κ3) is 2.59. The first-order chi connectivity index (χ1) is 11.5. The Morgan fingerprint density at radius 1 is 1.12 bits per heavy atom. The topological polar surface area (TPSA) is 46.8 Å². The zero-order chi connectivity index (χ0) is 16.8. The molecule has 0 aliphatic carbocycles. The van der Waals surface area contributed by atoms with Crippen LogP contribution >= 0.6 is 11.6 Å². The number of hydrogen-bond acceptors (Lipinski definition) is 6. The molecule has 0 spiro atoms. The summed E-state index contributed by atoms with van der Waals surface area (Å²) in [5.41, 5.74) is 2.78. The summed E-state index contributed by atoms with van der Waals surface area (Å²) in [6.45, 7) is 8.01. The Kier molecular flexibility index (Phi) is 3.81. The summed E-state index contributed by atoms with van der Waals surface area (Å²) in [7, 11) is 2.15. The van der Waals surface area contributed by atoms with Gasteiger partial charge in [0.1, 0.15) is 0 Å². The zero-order valence-electron chi connectivity index (χ0n) is 14.2. The van der Waals surface area contributed by atoms with E-state index in [0.29, 0.717) is 5.02 Å². The number of hydrazone groups is 1. The van der Waals surface area contributed by atoms with Crippen LogP contribution in [-0.4, -0.2) is 66.5 Å². The van der Waals surface area contributed by atoms with E-state index in [9.17, 15) is 0 Å². The molecule has 1 saturated heterocycles. The number of benzene rings is 1. The van der Waals surface area contributed by atoms with Crippen LogP contribution in [-0.2, 0) is 0 Å². The Bertz CT molecular complexity index is 760. The molecule has 0 saturated carbocycles. The molecule has 1 unspecified atom stereocenters. The van der Waals surface area contributed by atoms with E-state index in [1.165, 1.54) is 0 Å². The van der Waals surface area contributed by atoms with Gasteiger partial charge in [0.05, 0.1) is 23.1 Å². The molecule has 3 aliphatic heterocycles. The van der Waals surface area contributed by atoms with Gasteiger partial charge in [-0.15, -0.1) is 0 Å².